The largest absolute Gasteiger partial charge is 0.444 e. The molecular weight excluding hydrogens is 254 g/mol. The van der Waals surface area contributed by atoms with Gasteiger partial charge in [-0.1, -0.05) is 13.8 Å². The second kappa shape index (κ2) is 9.19. The minimum absolute atomic E-state index is 0.296. The SMILES string of the molecule is CCC(C)N(CC)C(CN)CCNC(=O)OC(C)(C)C. The Bertz CT molecular complexity index is 277. The first-order valence-electron chi connectivity index (χ1n) is 7.67. The van der Waals surface area contributed by atoms with Gasteiger partial charge in [0, 0.05) is 25.2 Å². The van der Waals surface area contributed by atoms with Crippen LogP contribution in [0.3, 0.4) is 0 Å². The standard InChI is InChI=1S/C15H33N3O2/c1-7-12(3)18(8-2)13(11-16)9-10-17-14(19)20-15(4,5)6/h12-13H,7-11,16H2,1-6H3,(H,17,19). The molecule has 20 heavy (non-hydrogen) atoms. The van der Waals surface area contributed by atoms with Gasteiger partial charge in [-0.25, -0.2) is 4.79 Å². The Morgan fingerprint density at radius 3 is 2.35 bits per heavy atom. The van der Waals surface area contributed by atoms with Crippen LogP contribution in [0.15, 0.2) is 0 Å². The van der Waals surface area contributed by atoms with Gasteiger partial charge in [-0.15, -0.1) is 0 Å². The van der Waals surface area contributed by atoms with E-state index in [1.807, 2.05) is 20.8 Å². The van der Waals surface area contributed by atoms with Crippen LogP contribution in [0.1, 0.15) is 54.4 Å². The highest BCUT2D eigenvalue weighted by molar-refractivity contribution is 5.67. The fraction of sp³-hybridized carbons (Fsp3) is 0.933. The Kier molecular flexibility index (Phi) is 8.81. The summed E-state index contributed by atoms with van der Waals surface area (Å²) in [6, 6.07) is 0.806. The van der Waals surface area contributed by atoms with Gasteiger partial charge in [-0.05, 0) is 47.1 Å². The lowest BCUT2D eigenvalue weighted by atomic mass is 10.1. The first kappa shape index (κ1) is 19.2. The van der Waals surface area contributed by atoms with Crippen LogP contribution in [0.4, 0.5) is 4.79 Å². The second-order valence-electron chi connectivity index (χ2n) is 6.19. The van der Waals surface area contributed by atoms with Crippen LogP contribution in [-0.2, 0) is 4.74 Å². The molecular formula is C15H33N3O2. The molecule has 0 rings (SSSR count). The summed E-state index contributed by atoms with van der Waals surface area (Å²) >= 11 is 0. The number of alkyl carbamates (subject to hydrolysis) is 1. The fourth-order valence-electron chi connectivity index (χ4n) is 2.24. The number of likely N-dealkylation sites (N-methyl/N-ethyl adjacent to an activating group) is 1. The molecule has 2 atom stereocenters. The minimum atomic E-state index is -0.455. The van der Waals surface area contributed by atoms with Gasteiger partial charge in [-0.2, -0.15) is 0 Å². The lowest BCUT2D eigenvalue weighted by molar-refractivity contribution is 0.0519. The number of hydrogen-bond donors (Lipinski definition) is 2. The molecule has 0 aliphatic rings. The van der Waals surface area contributed by atoms with Gasteiger partial charge in [0.25, 0.3) is 0 Å². The summed E-state index contributed by atoms with van der Waals surface area (Å²) in [7, 11) is 0. The van der Waals surface area contributed by atoms with E-state index in [9.17, 15) is 4.79 Å². The number of carbonyl (C=O) groups is 1. The molecule has 3 N–H and O–H groups in total. The summed E-state index contributed by atoms with van der Waals surface area (Å²) in [5.41, 5.74) is 5.42. The number of carbonyl (C=O) groups excluding carboxylic acids is 1. The molecule has 0 saturated heterocycles. The monoisotopic (exact) mass is 287 g/mol. The van der Waals surface area contributed by atoms with E-state index in [-0.39, 0.29) is 6.09 Å². The molecule has 120 valence electrons. The maximum absolute atomic E-state index is 11.6. The van der Waals surface area contributed by atoms with Crippen LogP contribution in [0.5, 0.6) is 0 Å². The van der Waals surface area contributed by atoms with Gasteiger partial charge in [-0.3, -0.25) is 4.90 Å². The molecule has 0 aromatic heterocycles. The highest BCUT2D eigenvalue weighted by Gasteiger charge is 2.20. The Balaban J connectivity index is 4.22. The lowest BCUT2D eigenvalue weighted by Crippen LogP contribution is -2.47. The van der Waals surface area contributed by atoms with Crippen molar-refractivity contribution in [2.75, 3.05) is 19.6 Å². The molecule has 1 amide bonds. The minimum Gasteiger partial charge on any atom is -0.444 e. The van der Waals surface area contributed by atoms with Gasteiger partial charge < -0.3 is 15.8 Å². The zero-order valence-electron chi connectivity index (χ0n) is 14.0. The van der Waals surface area contributed by atoms with Crippen LogP contribution >= 0.6 is 0 Å². The maximum Gasteiger partial charge on any atom is 0.407 e. The van der Waals surface area contributed by atoms with Gasteiger partial charge in [0.15, 0.2) is 0 Å². The molecule has 0 aliphatic carbocycles. The predicted molar refractivity (Wildman–Crippen MR) is 83.8 cm³/mol. The number of nitrogens with one attached hydrogen (secondary N) is 1. The first-order valence-corrected chi connectivity index (χ1v) is 7.67. The molecule has 0 bridgehead atoms. The molecule has 0 saturated carbocycles. The van der Waals surface area contributed by atoms with Crippen molar-refractivity contribution >= 4 is 6.09 Å². The van der Waals surface area contributed by atoms with Gasteiger partial charge in [0.2, 0.25) is 0 Å². The Morgan fingerprint density at radius 1 is 1.35 bits per heavy atom. The van der Waals surface area contributed by atoms with Crippen molar-refractivity contribution in [1.82, 2.24) is 10.2 Å². The Morgan fingerprint density at radius 2 is 1.95 bits per heavy atom. The van der Waals surface area contributed by atoms with E-state index < -0.39 is 5.60 Å². The zero-order valence-corrected chi connectivity index (χ0v) is 14.0. The van der Waals surface area contributed by atoms with Gasteiger partial charge in [0.05, 0.1) is 0 Å². The third-order valence-corrected chi connectivity index (χ3v) is 3.41. The molecule has 5 heteroatoms. The molecule has 2 unspecified atom stereocenters. The predicted octanol–water partition coefficient (Wildman–Crippen LogP) is 2.35. The summed E-state index contributed by atoms with van der Waals surface area (Å²) in [5, 5.41) is 2.80. The molecule has 0 fully saturated rings. The van der Waals surface area contributed by atoms with Crippen LogP contribution in [0.25, 0.3) is 0 Å². The topological polar surface area (TPSA) is 67.6 Å². The van der Waals surface area contributed by atoms with Crippen molar-refractivity contribution in [2.24, 2.45) is 5.73 Å². The number of nitrogens with two attached hydrogens (primary N) is 1. The average Bonchev–Trinajstić information content (AvgIpc) is 2.35. The second-order valence-corrected chi connectivity index (χ2v) is 6.19. The summed E-state index contributed by atoms with van der Waals surface area (Å²) in [6.45, 7) is 14.3. The highest BCUT2D eigenvalue weighted by atomic mass is 16.6. The van der Waals surface area contributed by atoms with E-state index in [0.29, 0.717) is 25.2 Å². The van der Waals surface area contributed by atoms with E-state index in [4.69, 9.17) is 10.5 Å². The van der Waals surface area contributed by atoms with Crippen molar-refractivity contribution in [3.05, 3.63) is 0 Å². The number of rotatable bonds is 8. The Labute approximate surface area is 124 Å². The van der Waals surface area contributed by atoms with E-state index in [2.05, 4.69) is 31.0 Å². The normalized spacial score (nSPS) is 15.0. The maximum atomic E-state index is 11.6. The molecule has 0 aliphatic heterocycles. The molecule has 0 aromatic rings. The number of nitrogens with zero attached hydrogens (tertiary/aromatic N) is 1. The molecule has 0 aromatic carbocycles. The smallest absolute Gasteiger partial charge is 0.407 e. The zero-order chi connectivity index (χ0) is 15.8. The number of ether oxygens (including phenoxy) is 1. The van der Waals surface area contributed by atoms with Crippen molar-refractivity contribution in [3.8, 4) is 0 Å². The van der Waals surface area contributed by atoms with Crippen molar-refractivity contribution in [2.45, 2.75) is 72.1 Å². The van der Waals surface area contributed by atoms with E-state index >= 15 is 0 Å². The first-order chi connectivity index (χ1) is 9.25. The van der Waals surface area contributed by atoms with Crippen LogP contribution in [-0.4, -0.2) is 48.3 Å². The third kappa shape index (κ3) is 7.70. The van der Waals surface area contributed by atoms with Gasteiger partial charge >= 0.3 is 6.09 Å². The van der Waals surface area contributed by atoms with E-state index in [1.54, 1.807) is 0 Å². The van der Waals surface area contributed by atoms with Crippen molar-refractivity contribution in [1.29, 1.82) is 0 Å². The fourth-order valence-corrected chi connectivity index (χ4v) is 2.24. The summed E-state index contributed by atoms with van der Waals surface area (Å²) in [6.07, 6.45) is 1.58. The number of hydrogen-bond acceptors (Lipinski definition) is 4. The molecule has 0 heterocycles. The number of amides is 1. The lowest BCUT2D eigenvalue weighted by Gasteiger charge is -2.34. The van der Waals surface area contributed by atoms with Crippen LogP contribution < -0.4 is 11.1 Å². The van der Waals surface area contributed by atoms with Crippen molar-refractivity contribution < 1.29 is 9.53 Å². The summed E-state index contributed by atoms with van der Waals surface area (Å²) < 4.78 is 5.21. The van der Waals surface area contributed by atoms with Gasteiger partial charge in [0.1, 0.15) is 5.60 Å². The summed E-state index contributed by atoms with van der Waals surface area (Å²) in [5.74, 6) is 0. The molecule has 5 nitrogen and oxygen atoms in total. The highest BCUT2D eigenvalue weighted by Crippen LogP contribution is 2.11. The van der Waals surface area contributed by atoms with E-state index in [1.165, 1.54) is 0 Å². The summed E-state index contributed by atoms with van der Waals surface area (Å²) in [4.78, 5) is 14.0. The molecule has 0 spiro atoms. The Hall–Kier alpha value is -0.810. The van der Waals surface area contributed by atoms with E-state index in [0.717, 1.165) is 19.4 Å². The third-order valence-electron chi connectivity index (χ3n) is 3.41. The van der Waals surface area contributed by atoms with Crippen molar-refractivity contribution in [3.63, 3.8) is 0 Å². The quantitative estimate of drug-likeness (QED) is 0.719. The van der Waals surface area contributed by atoms with Crippen LogP contribution in [0.2, 0.25) is 0 Å². The molecule has 0 radical (unpaired) electrons. The van der Waals surface area contributed by atoms with Crippen LogP contribution in [0, 0.1) is 0 Å². The average molecular weight is 287 g/mol.